The molecule has 3 aromatic rings. The largest absolute Gasteiger partial charge is 0.508 e. The van der Waals surface area contributed by atoms with Crippen LogP contribution in [0.15, 0.2) is 60.7 Å². The topological polar surface area (TPSA) is 60.8 Å². The smallest absolute Gasteiger partial charge is 0.262 e. The Balaban J connectivity index is 1.92. The zero-order valence-electron chi connectivity index (χ0n) is 14.0. The number of hydrogen-bond acceptors (Lipinski definition) is 3. The molecular formula is C21H16FNO3. The molecule has 5 heteroatoms. The molecule has 1 aliphatic rings. The SMILES string of the molecule is C[C@H]1c2ccccc2-c2ccc(F)cc2N1C(=O)c1ccc(O)cc1O. The number of halogens is 1. The van der Waals surface area contributed by atoms with Crippen LogP contribution in [0.25, 0.3) is 11.1 Å². The molecule has 0 aromatic heterocycles. The summed E-state index contributed by atoms with van der Waals surface area (Å²) in [5.41, 5.74) is 3.15. The quantitative estimate of drug-likeness (QED) is 0.674. The minimum Gasteiger partial charge on any atom is -0.508 e. The number of amides is 1. The third-order valence-electron chi connectivity index (χ3n) is 4.74. The van der Waals surface area contributed by atoms with Gasteiger partial charge in [-0.2, -0.15) is 0 Å². The molecule has 4 nitrogen and oxygen atoms in total. The van der Waals surface area contributed by atoms with Crippen molar-refractivity contribution in [1.82, 2.24) is 0 Å². The summed E-state index contributed by atoms with van der Waals surface area (Å²) in [6, 6.07) is 15.5. The molecule has 1 atom stereocenters. The summed E-state index contributed by atoms with van der Waals surface area (Å²) in [5.74, 6) is -1.36. The van der Waals surface area contributed by atoms with E-state index in [4.69, 9.17) is 0 Å². The van der Waals surface area contributed by atoms with Gasteiger partial charge in [-0.3, -0.25) is 4.79 Å². The van der Waals surface area contributed by atoms with Crippen LogP contribution in [0.3, 0.4) is 0 Å². The van der Waals surface area contributed by atoms with Gasteiger partial charge >= 0.3 is 0 Å². The Morgan fingerprint density at radius 3 is 2.54 bits per heavy atom. The third kappa shape index (κ3) is 2.40. The summed E-state index contributed by atoms with van der Waals surface area (Å²) in [6.45, 7) is 1.86. The molecule has 26 heavy (non-hydrogen) atoms. The molecule has 1 amide bonds. The Labute approximate surface area is 149 Å². The molecule has 3 aromatic carbocycles. The van der Waals surface area contributed by atoms with Gasteiger partial charge in [0, 0.05) is 11.6 Å². The maximum Gasteiger partial charge on any atom is 0.262 e. The van der Waals surface area contributed by atoms with E-state index >= 15 is 0 Å². The first-order chi connectivity index (χ1) is 12.5. The molecule has 0 radical (unpaired) electrons. The molecule has 0 fully saturated rings. The van der Waals surface area contributed by atoms with Crippen LogP contribution in [0, 0.1) is 5.82 Å². The van der Waals surface area contributed by atoms with E-state index in [1.807, 2.05) is 31.2 Å². The number of carbonyl (C=O) groups excluding carboxylic acids is 1. The van der Waals surface area contributed by atoms with Gasteiger partial charge in [0.2, 0.25) is 0 Å². The highest BCUT2D eigenvalue weighted by Crippen LogP contribution is 2.45. The highest BCUT2D eigenvalue weighted by Gasteiger charge is 2.33. The van der Waals surface area contributed by atoms with Crippen molar-refractivity contribution in [3.05, 3.63) is 77.6 Å². The van der Waals surface area contributed by atoms with E-state index in [1.54, 1.807) is 6.07 Å². The average Bonchev–Trinajstić information content (AvgIpc) is 2.61. The summed E-state index contributed by atoms with van der Waals surface area (Å²) in [6.07, 6.45) is 0. The minimum absolute atomic E-state index is 0.0456. The molecule has 0 spiro atoms. The highest BCUT2D eigenvalue weighted by atomic mass is 19.1. The zero-order chi connectivity index (χ0) is 18.4. The standard InChI is InChI=1S/C21H16FNO3/c1-12-15-4-2-3-5-16(15)17-8-6-13(22)10-19(17)23(12)21(26)18-9-7-14(24)11-20(18)25/h2-12,24-25H,1H3/t12-/m0/s1. The van der Waals surface area contributed by atoms with Crippen molar-refractivity contribution in [3.8, 4) is 22.6 Å². The van der Waals surface area contributed by atoms with E-state index in [1.165, 1.54) is 29.2 Å². The van der Waals surface area contributed by atoms with Gasteiger partial charge in [-0.25, -0.2) is 4.39 Å². The van der Waals surface area contributed by atoms with E-state index in [-0.39, 0.29) is 23.1 Å². The lowest BCUT2D eigenvalue weighted by Gasteiger charge is -2.37. The predicted octanol–water partition coefficient (Wildman–Crippen LogP) is 4.63. The Morgan fingerprint density at radius 1 is 1.00 bits per heavy atom. The Hall–Kier alpha value is -3.34. The van der Waals surface area contributed by atoms with Crippen LogP contribution in [0.2, 0.25) is 0 Å². The van der Waals surface area contributed by atoms with Gasteiger partial charge in [-0.15, -0.1) is 0 Å². The number of fused-ring (bicyclic) bond motifs is 3. The normalized spacial score (nSPS) is 15.3. The fraction of sp³-hybridized carbons (Fsp3) is 0.0952. The number of anilines is 1. The maximum atomic E-state index is 13.9. The Bertz CT molecular complexity index is 1030. The first kappa shape index (κ1) is 16.1. The van der Waals surface area contributed by atoms with Crippen molar-refractivity contribution in [2.75, 3.05) is 4.90 Å². The number of phenols is 2. The average molecular weight is 349 g/mol. The second kappa shape index (κ2) is 5.88. The van der Waals surface area contributed by atoms with E-state index in [0.717, 1.165) is 22.8 Å². The first-order valence-electron chi connectivity index (χ1n) is 8.22. The molecule has 0 aliphatic carbocycles. The van der Waals surface area contributed by atoms with E-state index in [0.29, 0.717) is 5.69 Å². The van der Waals surface area contributed by atoms with Crippen molar-refractivity contribution in [1.29, 1.82) is 0 Å². The lowest BCUT2D eigenvalue weighted by Crippen LogP contribution is -2.36. The van der Waals surface area contributed by atoms with Crippen LogP contribution in [-0.4, -0.2) is 16.1 Å². The van der Waals surface area contributed by atoms with Crippen LogP contribution in [-0.2, 0) is 0 Å². The molecule has 0 bridgehead atoms. The molecule has 1 heterocycles. The fourth-order valence-corrected chi connectivity index (χ4v) is 3.50. The Kier molecular flexibility index (Phi) is 3.65. The molecule has 130 valence electrons. The van der Waals surface area contributed by atoms with Crippen molar-refractivity contribution in [2.45, 2.75) is 13.0 Å². The van der Waals surface area contributed by atoms with Crippen LogP contribution < -0.4 is 4.90 Å². The number of phenolic OH excluding ortho intramolecular Hbond substituents is 2. The van der Waals surface area contributed by atoms with Crippen molar-refractivity contribution in [3.63, 3.8) is 0 Å². The molecule has 0 saturated carbocycles. The molecule has 4 rings (SSSR count). The summed E-state index contributed by atoms with van der Waals surface area (Å²) < 4.78 is 13.9. The van der Waals surface area contributed by atoms with Crippen LogP contribution in [0.5, 0.6) is 11.5 Å². The van der Waals surface area contributed by atoms with E-state index in [2.05, 4.69) is 0 Å². The summed E-state index contributed by atoms with van der Waals surface area (Å²) in [7, 11) is 0. The first-order valence-corrected chi connectivity index (χ1v) is 8.22. The minimum atomic E-state index is -0.462. The van der Waals surface area contributed by atoms with Crippen molar-refractivity contribution < 1.29 is 19.4 Å². The maximum absolute atomic E-state index is 13.9. The van der Waals surface area contributed by atoms with Gasteiger partial charge in [0.1, 0.15) is 17.3 Å². The number of hydrogen-bond donors (Lipinski definition) is 2. The van der Waals surface area contributed by atoms with Gasteiger partial charge in [-0.1, -0.05) is 24.3 Å². The number of aromatic hydroxyl groups is 2. The van der Waals surface area contributed by atoms with Gasteiger partial charge in [0.05, 0.1) is 17.3 Å². The van der Waals surface area contributed by atoms with Crippen LogP contribution >= 0.6 is 0 Å². The number of carbonyl (C=O) groups is 1. The Morgan fingerprint density at radius 2 is 1.77 bits per heavy atom. The molecule has 0 unspecified atom stereocenters. The van der Waals surface area contributed by atoms with Crippen LogP contribution in [0.4, 0.5) is 10.1 Å². The number of benzene rings is 3. The molecule has 1 aliphatic heterocycles. The van der Waals surface area contributed by atoms with E-state index < -0.39 is 11.7 Å². The van der Waals surface area contributed by atoms with Gasteiger partial charge in [0.15, 0.2) is 0 Å². The molecular weight excluding hydrogens is 333 g/mol. The second-order valence-corrected chi connectivity index (χ2v) is 6.30. The fourth-order valence-electron chi connectivity index (χ4n) is 3.50. The van der Waals surface area contributed by atoms with Crippen LogP contribution in [0.1, 0.15) is 28.9 Å². The molecule has 2 N–H and O–H groups in total. The third-order valence-corrected chi connectivity index (χ3v) is 4.74. The number of nitrogens with zero attached hydrogens (tertiary/aromatic N) is 1. The number of rotatable bonds is 1. The molecule has 0 saturated heterocycles. The van der Waals surface area contributed by atoms with Gasteiger partial charge in [0.25, 0.3) is 5.91 Å². The lowest BCUT2D eigenvalue weighted by molar-refractivity contribution is 0.0975. The monoisotopic (exact) mass is 349 g/mol. The summed E-state index contributed by atoms with van der Waals surface area (Å²) >= 11 is 0. The van der Waals surface area contributed by atoms with Gasteiger partial charge in [-0.05, 0) is 48.4 Å². The summed E-state index contributed by atoms with van der Waals surface area (Å²) in [5, 5.41) is 19.6. The summed E-state index contributed by atoms with van der Waals surface area (Å²) in [4.78, 5) is 14.7. The van der Waals surface area contributed by atoms with Crippen molar-refractivity contribution >= 4 is 11.6 Å². The lowest BCUT2D eigenvalue weighted by atomic mass is 9.88. The van der Waals surface area contributed by atoms with Gasteiger partial charge < -0.3 is 15.1 Å². The second-order valence-electron chi connectivity index (χ2n) is 6.30. The van der Waals surface area contributed by atoms with E-state index in [9.17, 15) is 19.4 Å². The highest BCUT2D eigenvalue weighted by molar-refractivity contribution is 6.11. The zero-order valence-corrected chi connectivity index (χ0v) is 14.0. The predicted molar refractivity (Wildman–Crippen MR) is 96.8 cm³/mol. The van der Waals surface area contributed by atoms with Crippen molar-refractivity contribution in [2.24, 2.45) is 0 Å².